The fourth-order valence-corrected chi connectivity index (χ4v) is 3.71. The Labute approximate surface area is 159 Å². The van der Waals surface area contributed by atoms with Gasteiger partial charge >= 0.3 is 6.09 Å². The fourth-order valence-electron chi connectivity index (χ4n) is 3.71. The van der Waals surface area contributed by atoms with Gasteiger partial charge in [-0.2, -0.15) is 0 Å². The number of nitrogens with zero attached hydrogens (tertiary/aromatic N) is 2. The topological polar surface area (TPSA) is 86.9 Å². The molecule has 0 bridgehead atoms. The zero-order valence-corrected chi connectivity index (χ0v) is 15.8. The molecule has 0 aliphatic carbocycles. The Bertz CT molecular complexity index is 863. The van der Waals surface area contributed by atoms with Crippen LogP contribution in [-0.4, -0.2) is 35.1 Å². The van der Waals surface area contributed by atoms with E-state index in [9.17, 15) is 9.59 Å². The number of nitrogens with two attached hydrogens (primary N) is 1. The number of anilines is 1. The maximum absolute atomic E-state index is 12.0. The lowest BCUT2D eigenvalue weighted by molar-refractivity contribution is -0.117. The van der Waals surface area contributed by atoms with Gasteiger partial charge in [0, 0.05) is 38.3 Å². The summed E-state index contributed by atoms with van der Waals surface area (Å²) >= 11 is 0. The minimum atomic E-state index is -0.952. The Balaban J connectivity index is 1.90. The summed E-state index contributed by atoms with van der Waals surface area (Å²) in [5.74, 6) is 0.0234. The maximum atomic E-state index is 12.0. The van der Waals surface area contributed by atoms with Crippen molar-refractivity contribution in [1.82, 2.24) is 4.90 Å². The first-order valence-corrected chi connectivity index (χ1v) is 9.00. The van der Waals surface area contributed by atoms with E-state index in [1.165, 1.54) is 4.90 Å². The largest absolute Gasteiger partial charge is 0.465 e. The SMILES string of the molecule is CC(=O)N1c2ccc(-c3ccc(CN(C)C(=O)O)cc3)cc2[C@H](N)C[C@@H]1C. The predicted octanol–water partition coefficient (Wildman–Crippen LogP) is 3.61. The van der Waals surface area contributed by atoms with Gasteiger partial charge in [0.05, 0.1) is 0 Å². The number of carbonyl (C=O) groups excluding carboxylic acids is 1. The smallest absolute Gasteiger partial charge is 0.407 e. The van der Waals surface area contributed by atoms with Crippen molar-refractivity contribution in [2.45, 2.75) is 38.9 Å². The second-order valence-corrected chi connectivity index (χ2v) is 7.19. The number of benzene rings is 2. The highest BCUT2D eigenvalue weighted by Crippen LogP contribution is 2.38. The van der Waals surface area contributed by atoms with Gasteiger partial charge in [-0.1, -0.05) is 30.3 Å². The summed E-state index contributed by atoms with van der Waals surface area (Å²) in [4.78, 5) is 26.0. The number of amides is 2. The number of hydrogen-bond donors (Lipinski definition) is 2. The molecule has 2 aromatic carbocycles. The predicted molar refractivity (Wildman–Crippen MR) is 106 cm³/mol. The molecule has 1 aliphatic rings. The summed E-state index contributed by atoms with van der Waals surface area (Å²) < 4.78 is 0. The van der Waals surface area contributed by atoms with Crippen molar-refractivity contribution >= 4 is 17.7 Å². The van der Waals surface area contributed by atoms with Crippen molar-refractivity contribution in [1.29, 1.82) is 0 Å². The summed E-state index contributed by atoms with van der Waals surface area (Å²) in [7, 11) is 1.54. The van der Waals surface area contributed by atoms with Crippen LogP contribution in [-0.2, 0) is 11.3 Å². The van der Waals surface area contributed by atoms with E-state index in [0.717, 1.165) is 34.4 Å². The average molecular weight is 367 g/mol. The second-order valence-electron chi connectivity index (χ2n) is 7.19. The van der Waals surface area contributed by atoms with E-state index < -0.39 is 6.09 Å². The van der Waals surface area contributed by atoms with Crippen LogP contribution in [0.3, 0.4) is 0 Å². The van der Waals surface area contributed by atoms with Gasteiger partial charge < -0.3 is 20.6 Å². The number of fused-ring (bicyclic) bond motifs is 1. The molecule has 2 amide bonds. The first-order valence-electron chi connectivity index (χ1n) is 9.00. The van der Waals surface area contributed by atoms with Crippen molar-refractivity contribution in [3.8, 4) is 11.1 Å². The maximum Gasteiger partial charge on any atom is 0.407 e. The van der Waals surface area contributed by atoms with Crippen LogP contribution in [0.25, 0.3) is 11.1 Å². The highest BCUT2D eigenvalue weighted by atomic mass is 16.4. The minimum absolute atomic E-state index is 0.0234. The van der Waals surface area contributed by atoms with Crippen LogP contribution in [0.4, 0.5) is 10.5 Å². The van der Waals surface area contributed by atoms with Crippen LogP contribution in [0, 0.1) is 0 Å². The summed E-state index contributed by atoms with van der Waals surface area (Å²) in [6.45, 7) is 3.94. The minimum Gasteiger partial charge on any atom is -0.465 e. The Morgan fingerprint density at radius 2 is 1.81 bits per heavy atom. The molecule has 0 unspecified atom stereocenters. The van der Waals surface area contributed by atoms with Gasteiger partial charge in [0.15, 0.2) is 0 Å². The van der Waals surface area contributed by atoms with E-state index in [1.807, 2.05) is 48.2 Å². The number of rotatable bonds is 3. The standard InChI is InChI=1S/C21H25N3O3/c1-13-10-19(22)18-11-17(8-9-20(18)24(13)14(2)25)16-6-4-15(5-7-16)12-23(3)21(26)27/h4-9,11,13,19H,10,12,22H2,1-3H3,(H,26,27)/t13-,19+/m0/s1. The molecule has 0 fully saturated rings. The molecule has 0 saturated heterocycles. The Hall–Kier alpha value is -2.86. The van der Waals surface area contributed by atoms with Gasteiger partial charge in [-0.3, -0.25) is 4.79 Å². The van der Waals surface area contributed by atoms with E-state index in [1.54, 1.807) is 14.0 Å². The fraction of sp³-hybridized carbons (Fsp3) is 0.333. The van der Waals surface area contributed by atoms with Gasteiger partial charge in [0.25, 0.3) is 0 Å². The number of hydrogen-bond acceptors (Lipinski definition) is 3. The number of carboxylic acid groups (broad SMARTS) is 1. The molecule has 3 N–H and O–H groups in total. The molecule has 142 valence electrons. The van der Waals surface area contributed by atoms with Crippen LogP contribution in [0.5, 0.6) is 0 Å². The lowest BCUT2D eigenvalue weighted by Crippen LogP contribution is -2.43. The summed E-state index contributed by atoms with van der Waals surface area (Å²) in [5, 5.41) is 8.98. The van der Waals surface area contributed by atoms with Crippen molar-refractivity contribution in [2.24, 2.45) is 5.73 Å². The molecule has 0 saturated carbocycles. The molecule has 27 heavy (non-hydrogen) atoms. The first kappa shape index (κ1) is 18.9. The molecule has 2 aromatic rings. The van der Waals surface area contributed by atoms with Gasteiger partial charge in [-0.15, -0.1) is 0 Å². The molecule has 0 radical (unpaired) electrons. The third kappa shape index (κ3) is 3.80. The molecule has 0 aromatic heterocycles. The van der Waals surface area contributed by atoms with Crippen molar-refractivity contribution in [3.05, 3.63) is 53.6 Å². The molecular weight excluding hydrogens is 342 g/mol. The lowest BCUT2D eigenvalue weighted by atomic mass is 9.89. The summed E-state index contributed by atoms with van der Waals surface area (Å²) in [5.41, 5.74) is 11.2. The third-order valence-electron chi connectivity index (χ3n) is 5.10. The average Bonchev–Trinajstić information content (AvgIpc) is 2.61. The molecule has 6 nitrogen and oxygen atoms in total. The molecule has 6 heteroatoms. The third-order valence-corrected chi connectivity index (χ3v) is 5.10. The van der Waals surface area contributed by atoms with E-state index >= 15 is 0 Å². The van der Waals surface area contributed by atoms with Gasteiger partial charge in [0.1, 0.15) is 0 Å². The van der Waals surface area contributed by atoms with E-state index in [-0.39, 0.29) is 18.0 Å². The van der Waals surface area contributed by atoms with Crippen molar-refractivity contribution in [3.63, 3.8) is 0 Å². The quantitative estimate of drug-likeness (QED) is 0.868. The van der Waals surface area contributed by atoms with Crippen LogP contribution < -0.4 is 10.6 Å². The zero-order valence-electron chi connectivity index (χ0n) is 15.8. The Morgan fingerprint density at radius 1 is 1.19 bits per heavy atom. The normalized spacial score (nSPS) is 18.7. The van der Waals surface area contributed by atoms with Gasteiger partial charge in [-0.25, -0.2) is 4.79 Å². The van der Waals surface area contributed by atoms with Gasteiger partial charge in [0.2, 0.25) is 5.91 Å². The van der Waals surface area contributed by atoms with E-state index in [0.29, 0.717) is 6.54 Å². The Kier molecular flexibility index (Phi) is 5.19. The van der Waals surface area contributed by atoms with E-state index in [4.69, 9.17) is 10.8 Å². The molecule has 1 heterocycles. The first-order chi connectivity index (χ1) is 12.8. The second kappa shape index (κ2) is 7.40. The van der Waals surface area contributed by atoms with E-state index in [2.05, 4.69) is 6.07 Å². The summed E-state index contributed by atoms with van der Waals surface area (Å²) in [6.07, 6.45) is -0.219. The van der Waals surface area contributed by atoms with Crippen LogP contribution >= 0.6 is 0 Å². The number of carbonyl (C=O) groups is 2. The zero-order chi connectivity index (χ0) is 19.7. The highest BCUT2D eigenvalue weighted by molar-refractivity contribution is 5.94. The van der Waals surface area contributed by atoms with Crippen molar-refractivity contribution in [2.75, 3.05) is 11.9 Å². The summed E-state index contributed by atoms with van der Waals surface area (Å²) in [6, 6.07) is 13.8. The monoisotopic (exact) mass is 367 g/mol. The van der Waals surface area contributed by atoms with Crippen LogP contribution in [0.1, 0.15) is 37.4 Å². The highest BCUT2D eigenvalue weighted by Gasteiger charge is 2.30. The lowest BCUT2D eigenvalue weighted by Gasteiger charge is -2.38. The molecular formula is C21H25N3O3. The molecule has 1 aliphatic heterocycles. The molecule has 0 spiro atoms. The van der Waals surface area contributed by atoms with Crippen LogP contribution in [0.15, 0.2) is 42.5 Å². The van der Waals surface area contributed by atoms with Crippen LogP contribution in [0.2, 0.25) is 0 Å². The molecule has 3 rings (SSSR count). The van der Waals surface area contributed by atoms with Gasteiger partial charge in [-0.05, 0) is 47.7 Å². The molecule has 2 atom stereocenters. The Morgan fingerprint density at radius 3 is 2.41 bits per heavy atom. The van der Waals surface area contributed by atoms with Crippen molar-refractivity contribution < 1.29 is 14.7 Å².